The second-order valence-electron chi connectivity index (χ2n) is 5.37. The van der Waals surface area contributed by atoms with Crippen molar-refractivity contribution in [3.05, 3.63) is 59.9 Å². The summed E-state index contributed by atoms with van der Waals surface area (Å²) in [5.74, 6) is -0.573. The Hall–Kier alpha value is -2.34. The van der Waals surface area contributed by atoms with Gasteiger partial charge in [-0.1, -0.05) is 12.1 Å². The predicted octanol–water partition coefficient (Wildman–Crippen LogP) is 3.83. The zero-order chi connectivity index (χ0) is 17.5. The zero-order valence-corrected chi connectivity index (χ0v) is 14.3. The summed E-state index contributed by atoms with van der Waals surface area (Å²) in [6, 6.07) is 13.1. The molecule has 0 fully saturated rings. The second-order valence-corrected chi connectivity index (χ2v) is 6.70. The molecule has 0 aliphatic heterocycles. The average molecular weight is 346 g/mol. The Morgan fingerprint density at radius 1 is 1.08 bits per heavy atom. The van der Waals surface area contributed by atoms with E-state index in [4.69, 9.17) is 0 Å². The molecule has 2 N–H and O–H groups in total. The number of carbonyl (C=O) groups is 2. The van der Waals surface area contributed by atoms with Crippen LogP contribution in [0.1, 0.15) is 12.5 Å². The lowest BCUT2D eigenvalue weighted by Gasteiger charge is -2.12. The molecule has 0 heterocycles. The predicted molar refractivity (Wildman–Crippen MR) is 96.8 cm³/mol. The average Bonchev–Trinajstić information content (AvgIpc) is 2.54. The summed E-state index contributed by atoms with van der Waals surface area (Å²) in [5, 5.41) is 5.09. The molecule has 0 bridgehead atoms. The van der Waals surface area contributed by atoms with Crippen molar-refractivity contribution in [1.29, 1.82) is 0 Å². The van der Waals surface area contributed by atoms with Crippen molar-refractivity contribution in [2.75, 3.05) is 16.4 Å². The normalized spacial score (nSPS) is 11.6. The monoisotopic (exact) mass is 346 g/mol. The molecule has 0 spiro atoms. The molecular weight excluding hydrogens is 327 g/mol. The van der Waals surface area contributed by atoms with Crippen LogP contribution in [0.5, 0.6) is 0 Å². The van der Waals surface area contributed by atoms with Crippen LogP contribution in [-0.2, 0) is 9.59 Å². The van der Waals surface area contributed by atoms with Gasteiger partial charge >= 0.3 is 0 Å². The molecule has 2 aromatic rings. The Balaban J connectivity index is 1.79. The maximum atomic E-state index is 12.8. The summed E-state index contributed by atoms with van der Waals surface area (Å²) >= 11 is 1.24. The van der Waals surface area contributed by atoms with Gasteiger partial charge in [0.15, 0.2) is 0 Å². The minimum absolute atomic E-state index is 0.160. The molecule has 2 amide bonds. The van der Waals surface area contributed by atoms with E-state index in [-0.39, 0.29) is 23.4 Å². The van der Waals surface area contributed by atoms with E-state index in [0.717, 1.165) is 11.3 Å². The van der Waals surface area contributed by atoms with E-state index in [9.17, 15) is 14.0 Å². The minimum Gasteiger partial charge on any atom is -0.325 e. The van der Waals surface area contributed by atoms with Crippen LogP contribution < -0.4 is 10.6 Å². The molecule has 4 nitrogen and oxygen atoms in total. The molecule has 1 atom stereocenters. The summed E-state index contributed by atoms with van der Waals surface area (Å²) in [4.78, 5) is 24.0. The maximum absolute atomic E-state index is 12.8. The van der Waals surface area contributed by atoms with Gasteiger partial charge in [-0.2, -0.15) is 0 Å². The number of benzene rings is 2. The van der Waals surface area contributed by atoms with Gasteiger partial charge in [0.1, 0.15) is 5.82 Å². The van der Waals surface area contributed by atoms with Gasteiger partial charge in [-0.15, -0.1) is 11.8 Å². The summed E-state index contributed by atoms with van der Waals surface area (Å²) in [6.45, 7) is 3.68. The molecule has 0 aromatic heterocycles. The Bertz CT molecular complexity index is 719. The molecule has 2 aromatic carbocycles. The first-order valence-electron chi connectivity index (χ1n) is 7.48. The lowest BCUT2D eigenvalue weighted by Crippen LogP contribution is -2.25. The fourth-order valence-corrected chi connectivity index (χ4v) is 2.66. The Morgan fingerprint density at radius 2 is 1.79 bits per heavy atom. The Morgan fingerprint density at radius 3 is 2.46 bits per heavy atom. The van der Waals surface area contributed by atoms with E-state index >= 15 is 0 Å². The number of nitrogens with one attached hydrogen (secondary N) is 2. The van der Waals surface area contributed by atoms with Crippen LogP contribution in [0, 0.1) is 12.7 Å². The lowest BCUT2D eigenvalue weighted by atomic mass is 10.2. The number of amides is 2. The molecule has 0 aliphatic carbocycles. The van der Waals surface area contributed by atoms with Crippen molar-refractivity contribution < 1.29 is 14.0 Å². The van der Waals surface area contributed by atoms with E-state index in [2.05, 4.69) is 10.6 Å². The number of carbonyl (C=O) groups excluding carboxylic acids is 2. The highest BCUT2D eigenvalue weighted by Crippen LogP contribution is 2.16. The molecule has 0 radical (unpaired) electrons. The number of rotatable bonds is 6. The van der Waals surface area contributed by atoms with E-state index in [1.165, 1.54) is 36.0 Å². The number of thioether (sulfide) groups is 1. The van der Waals surface area contributed by atoms with Crippen LogP contribution in [0.3, 0.4) is 0 Å². The zero-order valence-electron chi connectivity index (χ0n) is 13.5. The van der Waals surface area contributed by atoms with E-state index in [1.807, 2.05) is 31.2 Å². The van der Waals surface area contributed by atoms with Crippen molar-refractivity contribution in [3.8, 4) is 0 Å². The van der Waals surface area contributed by atoms with E-state index in [0.29, 0.717) is 5.69 Å². The number of aryl methyl sites for hydroxylation is 1. The highest BCUT2D eigenvalue weighted by atomic mass is 32.2. The van der Waals surface area contributed by atoms with Gasteiger partial charge in [-0.3, -0.25) is 9.59 Å². The van der Waals surface area contributed by atoms with Crippen molar-refractivity contribution in [3.63, 3.8) is 0 Å². The number of halogens is 1. The van der Waals surface area contributed by atoms with Gasteiger partial charge in [-0.05, 0) is 55.8 Å². The first kappa shape index (κ1) is 18.0. The number of hydrogen-bond acceptors (Lipinski definition) is 3. The lowest BCUT2D eigenvalue weighted by molar-refractivity contribution is -0.115. The van der Waals surface area contributed by atoms with Gasteiger partial charge in [0, 0.05) is 11.4 Å². The second kappa shape index (κ2) is 8.49. The molecule has 126 valence electrons. The van der Waals surface area contributed by atoms with Crippen molar-refractivity contribution in [2.45, 2.75) is 19.1 Å². The molecule has 6 heteroatoms. The van der Waals surface area contributed by atoms with E-state index < -0.39 is 5.25 Å². The standard InChI is InChI=1S/C18H19FN2O2S/c1-12-4-3-5-16(10-12)20-17(22)11-24-13(2)18(23)21-15-8-6-14(19)7-9-15/h3-10,13H,11H2,1-2H3,(H,20,22)(H,21,23)/t13-/m1/s1. The number of hydrogen-bond donors (Lipinski definition) is 2. The highest BCUT2D eigenvalue weighted by molar-refractivity contribution is 8.01. The van der Waals surface area contributed by atoms with E-state index in [1.54, 1.807) is 6.92 Å². The van der Waals surface area contributed by atoms with Crippen LogP contribution in [0.4, 0.5) is 15.8 Å². The quantitative estimate of drug-likeness (QED) is 0.836. The smallest absolute Gasteiger partial charge is 0.237 e. The first-order chi connectivity index (χ1) is 11.4. The number of anilines is 2. The van der Waals surface area contributed by atoms with Crippen molar-refractivity contribution in [2.24, 2.45) is 0 Å². The van der Waals surface area contributed by atoms with Gasteiger partial charge in [0.05, 0.1) is 11.0 Å². The summed E-state index contributed by atoms with van der Waals surface area (Å²) in [7, 11) is 0. The Kier molecular flexibility index (Phi) is 6.37. The molecule has 0 saturated heterocycles. The van der Waals surface area contributed by atoms with Gasteiger partial charge in [0.2, 0.25) is 11.8 Å². The fourth-order valence-electron chi connectivity index (χ4n) is 1.97. The molecule has 0 saturated carbocycles. The van der Waals surface area contributed by atoms with Crippen molar-refractivity contribution >= 4 is 35.0 Å². The highest BCUT2D eigenvalue weighted by Gasteiger charge is 2.15. The summed E-state index contributed by atoms with van der Waals surface area (Å²) < 4.78 is 12.8. The van der Waals surface area contributed by atoms with Crippen LogP contribution in [0.25, 0.3) is 0 Å². The van der Waals surface area contributed by atoms with Crippen LogP contribution in [-0.4, -0.2) is 22.8 Å². The third kappa shape index (κ3) is 5.70. The molecule has 2 rings (SSSR count). The van der Waals surface area contributed by atoms with Crippen LogP contribution in [0.2, 0.25) is 0 Å². The molecule has 24 heavy (non-hydrogen) atoms. The molecule has 0 unspecified atom stereocenters. The van der Waals surface area contributed by atoms with Gasteiger partial charge in [-0.25, -0.2) is 4.39 Å². The Labute approximate surface area is 144 Å². The summed E-state index contributed by atoms with van der Waals surface area (Å²) in [5.41, 5.74) is 2.33. The largest absolute Gasteiger partial charge is 0.325 e. The van der Waals surface area contributed by atoms with Crippen LogP contribution in [0.15, 0.2) is 48.5 Å². The molecule has 0 aliphatic rings. The maximum Gasteiger partial charge on any atom is 0.237 e. The first-order valence-corrected chi connectivity index (χ1v) is 8.53. The van der Waals surface area contributed by atoms with Gasteiger partial charge < -0.3 is 10.6 Å². The third-order valence-corrected chi connectivity index (χ3v) is 4.39. The van der Waals surface area contributed by atoms with Crippen molar-refractivity contribution in [1.82, 2.24) is 0 Å². The molecular formula is C18H19FN2O2S. The van der Waals surface area contributed by atoms with Gasteiger partial charge in [0.25, 0.3) is 0 Å². The topological polar surface area (TPSA) is 58.2 Å². The van der Waals surface area contributed by atoms with Crippen LogP contribution >= 0.6 is 11.8 Å². The SMILES string of the molecule is Cc1cccc(NC(=O)CS[C@H](C)C(=O)Nc2ccc(F)cc2)c1. The third-order valence-electron chi connectivity index (χ3n) is 3.25. The fraction of sp³-hybridized carbons (Fsp3) is 0.222. The summed E-state index contributed by atoms with van der Waals surface area (Å²) in [6.07, 6.45) is 0. The minimum atomic E-state index is -0.404.